The van der Waals surface area contributed by atoms with Gasteiger partial charge < -0.3 is 5.32 Å². The molecule has 0 radical (unpaired) electrons. The molecule has 0 heterocycles. The molecule has 1 unspecified atom stereocenters. The van der Waals surface area contributed by atoms with Gasteiger partial charge in [-0.05, 0) is 55.5 Å². The Hall–Kier alpha value is -0.890. The van der Waals surface area contributed by atoms with Gasteiger partial charge in [-0.3, -0.25) is 0 Å². The third kappa shape index (κ3) is 3.79. The van der Waals surface area contributed by atoms with Gasteiger partial charge in [0.1, 0.15) is 5.82 Å². The molecule has 1 fully saturated rings. The first-order valence-electron chi connectivity index (χ1n) is 7.71. The fourth-order valence-corrected chi connectivity index (χ4v) is 3.34. The van der Waals surface area contributed by atoms with E-state index < -0.39 is 0 Å². The van der Waals surface area contributed by atoms with Crippen LogP contribution in [0.1, 0.15) is 62.6 Å². The standard InChI is InChI=1S/C17H26FN/c1-3-19-17(14-8-6-4-5-7-9-14)16-12-15(18)11-10-13(16)2/h10-12,14,17,19H,3-9H2,1-2H3. The zero-order valence-electron chi connectivity index (χ0n) is 12.2. The second-order valence-electron chi connectivity index (χ2n) is 5.79. The molecule has 1 nitrogen and oxygen atoms in total. The van der Waals surface area contributed by atoms with Crippen LogP contribution >= 0.6 is 0 Å². The molecule has 0 aromatic heterocycles. The lowest BCUT2D eigenvalue weighted by Gasteiger charge is -2.28. The minimum absolute atomic E-state index is 0.114. The fraction of sp³-hybridized carbons (Fsp3) is 0.647. The van der Waals surface area contributed by atoms with Crippen LogP contribution in [-0.4, -0.2) is 6.54 Å². The molecule has 1 aliphatic rings. The van der Waals surface area contributed by atoms with Crippen molar-refractivity contribution in [3.05, 3.63) is 35.1 Å². The molecule has 0 amide bonds. The van der Waals surface area contributed by atoms with Crippen LogP contribution in [0.2, 0.25) is 0 Å². The molecule has 2 heteroatoms. The van der Waals surface area contributed by atoms with Crippen LogP contribution in [0, 0.1) is 18.7 Å². The van der Waals surface area contributed by atoms with Gasteiger partial charge in [0, 0.05) is 6.04 Å². The highest BCUT2D eigenvalue weighted by Crippen LogP contribution is 2.35. The first kappa shape index (κ1) is 14.5. The van der Waals surface area contributed by atoms with Gasteiger partial charge in [-0.25, -0.2) is 4.39 Å². The van der Waals surface area contributed by atoms with E-state index in [4.69, 9.17) is 0 Å². The molecule has 1 saturated carbocycles. The number of benzene rings is 1. The van der Waals surface area contributed by atoms with Crippen molar-refractivity contribution in [3.8, 4) is 0 Å². The van der Waals surface area contributed by atoms with Crippen molar-refractivity contribution in [1.29, 1.82) is 0 Å². The summed E-state index contributed by atoms with van der Waals surface area (Å²) < 4.78 is 13.6. The van der Waals surface area contributed by atoms with Gasteiger partial charge in [-0.15, -0.1) is 0 Å². The average Bonchev–Trinajstić information content (AvgIpc) is 2.68. The van der Waals surface area contributed by atoms with Crippen molar-refractivity contribution < 1.29 is 4.39 Å². The summed E-state index contributed by atoms with van der Waals surface area (Å²) in [7, 11) is 0. The summed E-state index contributed by atoms with van der Waals surface area (Å²) in [5.74, 6) is 0.542. The van der Waals surface area contributed by atoms with E-state index in [9.17, 15) is 4.39 Å². The third-order valence-corrected chi connectivity index (χ3v) is 4.37. The van der Waals surface area contributed by atoms with E-state index in [-0.39, 0.29) is 5.82 Å². The molecule has 1 N–H and O–H groups in total. The summed E-state index contributed by atoms with van der Waals surface area (Å²) in [6, 6.07) is 5.52. The highest BCUT2D eigenvalue weighted by molar-refractivity contribution is 5.30. The molecule has 0 bridgehead atoms. The molecule has 0 saturated heterocycles. The van der Waals surface area contributed by atoms with E-state index in [0.717, 1.165) is 12.1 Å². The summed E-state index contributed by atoms with van der Waals surface area (Å²) in [5, 5.41) is 3.60. The lowest BCUT2D eigenvalue weighted by Crippen LogP contribution is -2.29. The first-order valence-corrected chi connectivity index (χ1v) is 7.71. The summed E-state index contributed by atoms with van der Waals surface area (Å²) in [6.45, 7) is 5.17. The summed E-state index contributed by atoms with van der Waals surface area (Å²) in [4.78, 5) is 0. The van der Waals surface area contributed by atoms with Gasteiger partial charge in [-0.1, -0.05) is 38.7 Å². The Kier molecular flexibility index (Phi) is 5.38. The smallest absolute Gasteiger partial charge is 0.123 e. The van der Waals surface area contributed by atoms with Gasteiger partial charge in [-0.2, -0.15) is 0 Å². The molecule has 0 spiro atoms. The predicted molar refractivity (Wildman–Crippen MR) is 78.7 cm³/mol. The maximum absolute atomic E-state index is 13.6. The first-order chi connectivity index (χ1) is 9.22. The van der Waals surface area contributed by atoms with Crippen LogP contribution in [-0.2, 0) is 0 Å². The Balaban J connectivity index is 2.24. The van der Waals surface area contributed by atoms with Crippen molar-refractivity contribution in [3.63, 3.8) is 0 Å². The van der Waals surface area contributed by atoms with Crippen molar-refractivity contribution in [2.45, 2.75) is 58.4 Å². The second-order valence-corrected chi connectivity index (χ2v) is 5.79. The van der Waals surface area contributed by atoms with Crippen LogP contribution < -0.4 is 5.32 Å². The van der Waals surface area contributed by atoms with E-state index in [1.807, 2.05) is 6.07 Å². The van der Waals surface area contributed by atoms with Gasteiger partial charge in [0.05, 0.1) is 0 Å². The second kappa shape index (κ2) is 7.04. The lowest BCUT2D eigenvalue weighted by atomic mass is 9.85. The van der Waals surface area contributed by atoms with E-state index >= 15 is 0 Å². The van der Waals surface area contributed by atoms with Crippen LogP contribution in [0.25, 0.3) is 0 Å². The van der Waals surface area contributed by atoms with Crippen molar-refractivity contribution in [2.75, 3.05) is 6.54 Å². The fourth-order valence-electron chi connectivity index (χ4n) is 3.34. The van der Waals surface area contributed by atoms with Crippen LogP contribution in [0.4, 0.5) is 4.39 Å². The lowest BCUT2D eigenvalue weighted by molar-refractivity contribution is 0.328. The molecule has 19 heavy (non-hydrogen) atoms. The zero-order chi connectivity index (χ0) is 13.7. The van der Waals surface area contributed by atoms with Crippen LogP contribution in [0.5, 0.6) is 0 Å². The topological polar surface area (TPSA) is 12.0 Å². The number of hydrogen-bond donors (Lipinski definition) is 1. The Labute approximate surface area is 116 Å². The van der Waals surface area contributed by atoms with Crippen LogP contribution in [0.15, 0.2) is 18.2 Å². The van der Waals surface area contributed by atoms with Crippen LogP contribution in [0.3, 0.4) is 0 Å². The van der Waals surface area contributed by atoms with Crippen molar-refractivity contribution in [2.24, 2.45) is 5.92 Å². The number of aryl methyl sites for hydroxylation is 1. The highest BCUT2D eigenvalue weighted by atomic mass is 19.1. The minimum Gasteiger partial charge on any atom is -0.310 e. The molecule has 2 rings (SSSR count). The highest BCUT2D eigenvalue weighted by Gasteiger charge is 2.24. The third-order valence-electron chi connectivity index (χ3n) is 4.37. The van der Waals surface area contributed by atoms with Crippen molar-refractivity contribution >= 4 is 0 Å². The Morgan fingerprint density at radius 1 is 1.21 bits per heavy atom. The average molecular weight is 263 g/mol. The summed E-state index contributed by atoms with van der Waals surface area (Å²) in [6.07, 6.45) is 7.90. The van der Waals surface area contributed by atoms with Crippen molar-refractivity contribution in [1.82, 2.24) is 5.32 Å². The maximum Gasteiger partial charge on any atom is 0.123 e. The number of halogens is 1. The maximum atomic E-state index is 13.6. The van der Waals surface area contributed by atoms with E-state index in [0.29, 0.717) is 12.0 Å². The summed E-state index contributed by atoms with van der Waals surface area (Å²) in [5.41, 5.74) is 2.37. The van der Waals surface area contributed by atoms with Gasteiger partial charge in [0.2, 0.25) is 0 Å². The molecule has 106 valence electrons. The van der Waals surface area contributed by atoms with E-state index in [1.54, 1.807) is 12.1 Å². The van der Waals surface area contributed by atoms with E-state index in [2.05, 4.69) is 19.2 Å². The largest absolute Gasteiger partial charge is 0.310 e. The SMILES string of the molecule is CCNC(c1cc(F)ccc1C)C1CCCCCC1. The molecule has 1 aliphatic carbocycles. The minimum atomic E-state index is -0.114. The Morgan fingerprint density at radius 2 is 1.89 bits per heavy atom. The predicted octanol–water partition coefficient (Wildman–Crippen LogP) is 4.76. The quantitative estimate of drug-likeness (QED) is 0.773. The monoisotopic (exact) mass is 263 g/mol. The Morgan fingerprint density at radius 3 is 2.53 bits per heavy atom. The number of nitrogens with one attached hydrogen (secondary N) is 1. The molecule has 0 aliphatic heterocycles. The number of rotatable bonds is 4. The van der Waals surface area contributed by atoms with Gasteiger partial charge in [0.25, 0.3) is 0 Å². The molecule has 1 aromatic carbocycles. The molecular formula is C17H26FN. The normalized spacial score (nSPS) is 19.1. The molecule has 1 atom stereocenters. The Bertz CT molecular complexity index is 394. The van der Waals surface area contributed by atoms with E-state index in [1.165, 1.54) is 44.1 Å². The van der Waals surface area contributed by atoms with Gasteiger partial charge in [0.15, 0.2) is 0 Å². The molecule has 1 aromatic rings. The van der Waals surface area contributed by atoms with Gasteiger partial charge >= 0.3 is 0 Å². The number of hydrogen-bond acceptors (Lipinski definition) is 1. The zero-order valence-corrected chi connectivity index (χ0v) is 12.2. The summed E-state index contributed by atoms with van der Waals surface area (Å²) >= 11 is 0. The molecular weight excluding hydrogens is 237 g/mol.